The minimum absolute atomic E-state index is 0.214. The zero-order valence-corrected chi connectivity index (χ0v) is 13.5. The molecule has 0 aliphatic carbocycles. The van der Waals surface area contributed by atoms with E-state index >= 15 is 0 Å². The number of nitrogens with zero attached hydrogens (tertiary/aromatic N) is 1. The molecule has 110 valence electrons. The second-order valence-corrected chi connectivity index (χ2v) is 6.78. The van der Waals surface area contributed by atoms with E-state index < -0.39 is 0 Å². The van der Waals surface area contributed by atoms with Gasteiger partial charge in [-0.15, -0.1) is 0 Å². The van der Waals surface area contributed by atoms with Gasteiger partial charge in [-0.2, -0.15) is 11.3 Å². The van der Waals surface area contributed by atoms with E-state index in [0.29, 0.717) is 12.3 Å². The number of carbonyl (C=O) groups is 1. The number of benzene rings is 1. The smallest absolute Gasteiger partial charge is 0.231 e. The summed E-state index contributed by atoms with van der Waals surface area (Å²) in [7, 11) is 0. The van der Waals surface area contributed by atoms with Gasteiger partial charge in [-0.25, -0.2) is 0 Å². The van der Waals surface area contributed by atoms with E-state index in [1.807, 2.05) is 16.3 Å². The Morgan fingerprint density at radius 1 is 1.33 bits per heavy atom. The summed E-state index contributed by atoms with van der Waals surface area (Å²) in [5, 5.41) is 4.09. The molecule has 1 aromatic heterocycles. The van der Waals surface area contributed by atoms with Crippen molar-refractivity contribution in [3.8, 4) is 0 Å². The molecule has 0 bridgehead atoms. The Kier molecular flexibility index (Phi) is 4.11. The average Bonchev–Trinajstić information content (AvgIpc) is 2.98. The summed E-state index contributed by atoms with van der Waals surface area (Å²) in [6.07, 6.45) is 2.65. The minimum Gasteiger partial charge on any atom is -0.312 e. The Morgan fingerprint density at radius 2 is 2.19 bits per heavy atom. The van der Waals surface area contributed by atoms with Crippen LogP contribution in [-0.4, -0.2) is 12.5 Å². The fraction of sp³-hybridized carbons (Fsp3) is 0.389. The lowest BCUT2D eigenvalue weighted by atomic mass is 9.94. The molecule has 0 saturated carbocycles. The first kappa shape index (κ1) is 14.3. The van der Waals surface area contributed by atoms with Crippen molar-refractivity contribution in [3.63, 3.8) is 0 Å². The van der Waals surface area contributed by atoms with Crippen LogP contribution in [0.25, 0.3) is 0 Å². The highest BCUT2D eigenvalue weighted by Gasteiger charge is 2.23. The molecule has 0 saturated heterocycles. The molecule has 1 aliphatic heterocycles. The lowest BCUT2D eigenvalue weighted by Gasteiger charge is -2.30. The van der Waals surface area contributed by atoms with Crippen LogP contribution < -0.4 is 4.90 Å². The largest absolute Gasteiger partial charge is 0.312 e. The molecule has 0 spiro atoms. The van der Waals surface area contributed by atoms with E-state index in [0.717, 1.165) is 30.6 Å². The normalized spacial score (nSPS) is 14.3. The van der Waals surface area contributed by atoms with Gasteiger partial charge in [0.1, 0.15) is 0 Å². The van der Waals surface area contributed by atoms with E-state index in [-0.39, 0.29) is 5.91 Å². The number of anilines is 1. The maximum atomic E-state index is 12.6. The Bertz CT molecular complexity index is 631. The Hall–Kier alpha value is -1.61. The minimum atomic E-state index is 0.214. The van der Waals surface area contributed by atoms with E-state index in [2.05, 4.69) is 37.4 Å². The topological polar surface area (TPSA) is 20.3 Å². The first-order valence-electron chi connectivity index (χ1n) is 7.59. The summed E-state index contributed by atoms with van der Waals surface area (Å²) in [6.45, 7) is 5.27. The van der Waals surface area contributed by atoms with Gasteiger partial charge in [-0.05, 0) is 58.3 Å². The summed E-state index contributed by atoms with van der Waals surface area (Å²) in [5.74, 6) is 0.749. The summed E-state index contributed by atoms with van der Waals surface area (Å²) in [6, 6.07) is 8.62. The third kappa shape index (κ3) is 3.03. The van der Waals surface area contributed by atoms with Crippen molar-refractivity contribution < 1.29 is 4.79 Å². The predicted octanol–water partition coefficient (Wildman–Crippen LogP) is 4.39. The summed E-state index contributed by atoms with van der Waals surface area (Å²) < 4.78 is 0. The van der Waals surface area contributed by atoms with Gasteiger partial charge in [0.15, 0.2) is 0 Å². The highest BCUT2D eigenvalue weighted by atomic mass is 32.1. The standard InChI is InChI=1S/C18H21NOS/c1-13(2)15-5-6-17-16(11-15)4-3-8-19(17)18(20)10-14-7-9-21-12-14/h5-7,9,11-13H,3-4,8,10H2,1-2H3. The number of amides is 1. The molecule has 21 heavy (non-hydrogen) atoms. The molecule has 0 unspecified atom stereocenters. The number of carbonyl (C=O) groups excluding carboxylic acids is 1. The van der Waals surface area contributed by atoms with Gasteiger partial charge >= 0.3 is 0 Å². The highest BCUT2D eigenvalue weighted by molar-refractivity contribution is 7.08. The fourth-order valence-electron chi connectivity index (χ4n) is 2.90. The molecule has 0 fully saturated rings. The van der Waals surface area contributed by atoms with Crippen molar-refractivity contribution in [3.05, 3.63) is 51.7 Å². The van der Waals surface area contributed by atoms with Crippen LogP contribution in [0.15, 0.2) is 35.0 Å². The van der Waals surface area contributed by atoms with E-state index in [4.69, 9.17) is 0 Å². The predicted molar refractivity (Wildman–Crippen MR) is 89.2 cm³/mol. The van der Waals surface area contributed by atoms with E-state index in [9.17, 15) is 4.79 Å². The van der Waals surface area contributed by atoms with Gasteiger partial charge in [0, 0.05) is 12.2 Å². The van der Waals surface area contributed by atoms with Crippen LogP contribution >= 0.6 is 11.3 Å². The molecule has 3 rings (SSSR count). The number of fused-ring (bicyclic) bond motifs is 1. The first-order chi connectivity index (χ1) is 10.1. The Labute approximate surface area is 130 Å². The molecule has 1 aromatic carbocycles. The van der Waals surface area contributed by atoms with Crippen molar-refractivity contribution in [2.24, 2.45) is 0 Å². The number of rotatable bonds is 3. The summed E-state index contributed by atoms with van der Waals surface area (Å²) in [5.41, 5.74) is 4.92. The van der Waals surface area contributed by atoms with Gasteiger partial charge in [-0.3, -0.25) is 4.79 Å². The van der Waals surface area contributed by atoms with Crippen molar-refractivity contribution in [2.45, 2.75) is 39.0 Å². The molecule has 1 amide bonds. The maximum absolute atomic E-state index is 12.6. The van der Waals surface area contributed by atoms with Crippen molar-refractivity contribution in [1.82, 2.24) is 0 Å². The van der Waals surface area contributed by atoms with E-state index in [1.165, 1.54) is 11.1 Å². The van der Waals surface area contributed by atoms with Crippen LogP contribution in [0.5, 0.6) is 0 Å². The van der Waals surface area contributed by atoms with Gasteiger partial charge in [0.2, 0.25) is 5.91 Å². The summed E-state index contributed by atoms with van der Waals surface area (Å²) in [4.78, 5) is 14.6. The van der Waals surface area contributed by atoms with Crippen LogP contribution in [0.3, 0.4) is 0 Å². The van der Waals surface area contributed by atoms with Crippen molar-refractivity contribution in [1.29, 1.82) is 0 Å². The quantitative estimate of drug-likeness (QED) is 0.823. The first-order valence-corrected chi connectivity index (χ1v) is 8.53. The zero-order valence-electron chi connectivity index (χ0n) is 12.6. The fourth-order valence-corrected chi connectivity index (χ4v) is 3.57. The summed E-state index contributed by atoms with van der Waals surface area (Å²) >= 11 is 1.65. The maximum Gasteiger partial charge on any atom is 0.231 e. The number of aryl methyl sites for hydroxylation is 1. The number of thiophene rings is 1. The monoisotopic (exact) mass is 299 g/mol. The van der Waals surface area contributed by atoms with Crippen LogP contribution in [0, 0.1) is 0 Å². The van der Waals surface area contributed by atoms with Crippen LogP contribution in [0.4, 0.5) is 5.69 Å². The second-order valence-electron chi connectivity index (χ2n) is 6.00. The van der Waals surface area contributed by atoms with Gasteiger partial charge in [-0.1, -0.05) is 26.0 Å². The Balaban J connectivity index is 1.84. The highest BCUT2D eigenvalue weighted by Crippen LogP contribution is 2.30. The molecule has 0 radical (unpaired) electrons. The average molecular weight is 299 g/mol. The molecule has 0 N–H and O–H groups in total. The molecule has 2 aromatic rings. The molecule has 0 atom stereocenters. The van der Waals surface area contributed by atoms with Crippen LogP contribution in [0.1, 0.15) is 42.9 Å². The van der Waals surface area contributed by atoms with Crippen molar-refractivity contribution >= 4 is 22.9 Å². The molecule has 1 aliphatic rings. The molecule has 2 nitrogen and oxygen atoms in total. The molecular formula is C18H21NOS. The second kappa shape index (κ2) is 6.02. The molecule has 3 heteroatoms. The SMILES string of the molecule is CC(C)c1ccc2c(c1)CCCN2C(=O)Cc1ccsc1. The number of hydrogen-bond donors (Lipinski definition) is 0. The van der Waals surface area contributed by atoms with Crippen molar-refractivity contribution in [2.75, 3.05) is 11.4 Å². The van der Waals surface area contributed by atoms with Gasteiger partial charge in [0.25, 0.3) is 0 Å². The Morgan fingerprint density at radius 3 is 2.90 bits per heavy atom. The number of hydrogen-bond acceptors (Lipinski definition) is 2. The lowest BCUT2D eigenvalue weighted by molar-refractivity contribution is -0.118. The zero-order chi connectivity index (χ0) is 14.8. The molecule has 2 heterocycles. The molecular weight excluding hydrogens is 278 g/mol. The van der Waals surface area contributed by atoms with Gasteiger partial charge in [0.05, 0.1) is 6.42 Å². The third-order valence-corrected chi connectivity index (χ3v) is 4.86. The third-order valence-electron chi connectivity index (χ3n) is 4.13. The van der Waals surface area contributed by atoms with Crippen LogP contribution in [0.2, 0.25) is 0 Å². The van der Waals surface area contributed by atoms with Crippen LogP contribution in [-0.2, 0) is 17.6 Å². The van der Waals surface area contributed by atoms with Gasteiger partial charge < -0.3 is 4.90 Å². The van der Waals surface area contributed by atoms with E-state index in [1.54, 1.807) is 11.3 Å². The lowest BCUT2D eigenvalue weighted by Crippen LogP contribution is -2.36.